The predicted molar refractivity (Wildman–Crippen MR) is 87.5 cm³/mol. The summed E-state index contributed by atoms with van der Waals surface area (Å²) < 4.78 is 1.55. The summed E-state index contributed by atoms with van der Waals surface area (Å²) in [5.74, 6) is 0.735. The molecule has 2 aromatic rings. The van der Waals surface area contributed by atoms with Gasteiger partial charge in [0, 0.05) is 18.0 Å². The molecule has 2 rings (SSSR count). The molecule has 0 saturated carbocycles. The summed E-state index contributed by atoms with van der Waals surface area (Å²) in [5, 5.41) is 9.34. The molecule has 0 saturated heterocycles. The minimum atomic E-state index is -0.00951. The monoisotopic (exact) mass is 287 g/mol. The Kier molecular flexibility index (Phi) is 5.51. The van der Waals surface area contributed by atoms with E-state index in [0.717, 1.165) is 29.7 Å². The normalized spacial score (nSPS) is 13.0. The Hall–Kier alpha value is -1.68. The van der Waals surface area contributed by atoms with Crippen molar-refractivity contribution < 1.29 is 0 Å². The predicted octanol–water partition coefficient (Wildman–Crippen LogP) is 2.81. The molecule has 1 N–H and O–H groups in total. The van der Waals surface area contributed by atoms with E-state index < -0.39 is 0 Å². The van der Waals surface area contributed by atoms with Gasteiger partial charge in [-0.25, -0.2) is 4.68 Å². The standard InChI is InChI=1S/C17H25N3O/c1-13(2)8-9-14(3)18-10-11-20-17(21)16-7-5-4-6-15(16)12-19-20/h4-7,12-14,18H,8-11H2,1-3H3. The number of benzene rings is 1. The lowest BCUT2D eigenvalue weighted by Gasteiger charge is -2.15. The fraction of sp³-hybridized carbons (Fsp3) is 0.529. The Morgan fingerprint density at radius 1 is 1.19 bits per heavy atom. The van der Waals surface area contributed by atoms with Gasteiger partial charge in [0.15, 0.2) is 0 Å². The third-order valence-corrected chi connectivity index (χ3v) is 3.76. The van der Waals surface area contributed by atoms with Crippen molar-refractivity contribution in [3.63, 3.8) is 0 Å². The molecule has 1 unspecified atom stereocenters. The Balaban J connectivity index is 1.92. The molecule has 1 aromatic carbocycles. The summed E-state index contributed by atoms with van der Waals surface area (Å²) in [7, 11) is 0. The van der Waals surface area contributed by atoms with Crippen LogP contribution in [0.1, 0.15) is 33.6 Å². The van der Waals surface area contributed by atoms with Gasteiger partial charge in [0.2, 0.25) is 0 Å². The van der Waals surface area contributed by atoms with E-state index >= 15 is 0 Å². The van der Waals surface area contributed by atoms with Crippen LogP contribution in [0.25, 0.3) is 10.8 Å². The maximum Gasteiger partial charge on any atom is 0.274 e. The second-order valence-corrected chi connectivity index (χ2v) is 6.09. The van der Waals surface area contributed by atoms with E-state index in [-0.39, 0.29) is 5.56 Å². The first kappa shape index (κ1) is 15.7. The van der Waals surface area contributed by atoms with Crippen LogP contribution in [0, 0.1) is 5.92 Å². The van der Waals surface area contributed by atoms with Crippen molar-refractivity contribution >= 4 is 10.8 Å². The smallest absolute Gasteiger partial charge is 0.274 e. The molecule has 0 aliphatic carbocycles. The van der Waals surface area contributed by atoms with E-state index in [0.29, 0.717) is 12.6 Å². The number of nitrogens with zero attached hydrogens (tertiary/aromatic N) is 2. The van der Waals surface area contributed by atoms with Crippen LogP contribution in [0.4, 0.5) is 0 Å². The maximum atomic E-state index is 12.3. The van der Waals surface area contributed by atoms with E-state index in [1.165, 1.54) is 6.42 Å². The van der Waals surface area contributed by atoms with Gasteiger partial charge in [0.25, 0.3) is 5.56 Å². The largest absolute Gasteiger partial charge is 0.312 e. The minimum absolute atomic E-state index is 0.00951. The maximum absolute atomic E-state index is 12.3. The Bertz CT molecular complexity index is 633. The molecule has 4 nitrogen and oxygen atoms in total. The lowest BCUT2D eigenvalue weighted by molar-refractivity contribution is 0.431. The van der Waals surface area contributed by atoms with E-state index in [2.05, 4.69) is 31.2 Å². The number of aromatic nitrogens is 2. The molecule has 0 aliphatic heterocycles. The zero-order valence-electron chi connectivity index (χ0n) is 13.2. The highest BCUT2D eigenvalue weighted by molar-refractivity contribution is 5.80. The first-order valence-corrected chi connectivity index (χ1v) is 7.76. The average molecular weight is 287 g/mol. The molecule has 4 heteroatoms. The second kappa shape index (κ2) is 7.36. The molecule has 0 aliphatic rings. The van der Waals surface area contributed by atoms with E-state index in [4.69, 9.17) is 0 Å². The molecular weight excluding hydrogens is 262 g/mol. The summed E-state index contributed by atoms with van der Waals surface area (Å²) in [6, 6.07) is 8.06. The molecule has 114 valence electrons. The SMILES string of the molecule is CC(C)CCC(C)NCCn1ncc2ccccc2c1=O. The Morgan fingerprint density at radius 3 is 2.71 bits per heavy atom. The molecule has 0 spiro atoms. The molecule has 0 bridgehead atoms. The van der Waals surface area contributed by atoms with Crippen LogP contribution in [0.3, 0.4) is 0 Å². The van der Waals surface area contributed by atoms with Crippen molar-refractivity contribution in [1.29, 1.82) is 0 Å². The van der Waals surface area contributed by atoms with Gasteiger partial charge in [-0.15, -0.1) is 0 Å². The molecule has 1 atom stereocenters. The van der Waals surface area contributed by atoms with Crippen LogP contribution in [0.5, 0.6) is 0 Å². The zero-order valence-corrected chi connectivity index (χ0v) is 13.2. The van der Waals surface area contributed by atoms with Gasteiger partial charge in [-0.05, 0) is 31.7 Å². The summed E-state index contributed by atoms with van der Waals surface area (Å²) in [6.07, 6.45) is 4.15. The summed E-state index contributed by atoms with van der Waals surface area (Å²) in [5.41, 5.74) is -0.00951. The topological polar surface area (TPSA) is 46.9 Å². The quantitative estimate of drug-likeness (QED) is 0.852. The van der Waals surface area contributed by atoms with E-state index in [9.17, 15) is 4.79 Å². The molecule has 1 aromatic heterocycles. The first-order chi connectivity index (χ1) is 10.1. The number of rotatable bonds is 7. The number of hydrogen-bond acceptors (Lipinski definition) is 3. The van der Waals surface area contributed by atoms with Gasteiger partial charge in [0.1, 0.15) is 0 Å². The van der Waals surface area contributed by atoms with Crippen molar-refractivity contribution in [2.75, 3.05) is 6.54 Å². The molecular formula is C17H25N3O. The van der Waals surface area contributed by atoms with Gasteiger partial charge >= 0.3 is 0 Å². The first-order valence-electron chi connectivity index (χ1n) is 7.76. The van der Waals surface area contributed by atoms with Gasteiger partial charge in [-0.3, -0.25) is 4.79 Å². The van der Waals surface area contributed by atoms with Crippen LogP contribution < -0.4 is 10.9 Å². The molecule has 21 heavy (non-hydrogen) atoms. The van der Waals surface area contributed by atoms with Crippen molar-refractivity contribution in [3.05, 3.63) is 40.8 Å². The Labute approximate surface area is 126 Å². The molecule has 0 radical (unpaired) electrons. The fourth-order valence-corrected chi connectivity index (χ4v) is 2.39. The van der Waals surface area contributed by atoms with Crippen LogP contribution in [0.15, 0.2) is 35.3 Å². The van der Waals surface area contributed by atoms with Crippen molar-refractivity contribution in [2.24, 2.45) is 5.92 Å². The van der Waals surface area contributed by atoms with E-state index in [1.54, 1.807) is 10.9 Å². The molecule has 0 fully saturated rings. The average Bonchev–Trinajstić information content (AvgIpc) is 2.48. The highest BCUT2D eigenvalue weighted by Crippen LogP contribution is 2.07. The molecule has 1 heterocycles. The zero-order chi connectivity index (χ0) is 15.2. The van der Waals surface area contributed by atoms with Gasteiger partial charge < -0.3 is 5.32 Å². The third-order valence-electron chi connectivity index (χ3n) is 3.76. The van der Waals surface area contributed by atoms with Gasteiger partial charge in [0.05, 0.1) is 18.1 Å². The fourth-order valence-electron chi connectivity index (χ4n) is 2.39. The Morgan fingerprint density at radius 2 is 1.95 bits per heavy atom. The van der Waals surface area contributed by atoms with Crippen LogP contribution in [0.2, 0.25) is 0 Å². The van der Waals surface area contributed by atoms with Crippen molar-refractivity contribution in [2.45, 2.75) is 46.2 Å². The number of hydrogen-bond donors (Lipinski definition) is 1. The van der Waals surface area contributed by atoms with Crippen molar-refractivity contribution in [3.8, 4) is 0 Å². The third kappa shape index (κ3) is 4.39. The van der Waals surface area contributed by atoms with Crippen LogP contribution in [-0.4, -0.2) is 22.4 Å². The minimum Gasteiger partial charge on any atom is -0.312 e. The lowest BCUT2D eigenvalue weighted by Crippen LogP contribution is -2.33. The van der Waals surface area contributed by atoms with Crippen LogP contribution >= 0.6 is 0 Å². The lowest BCUT2D eigenvalue weighted by atomic mass is 10.0. The summed E-state index contributed by atoms with van der Waals surface area (Å²) in [6.45, 7) is 8.05. The highest BCUT2D eigenvalue weighted by atomic mass is 16.1. The summed E-state index contributed by atoms with van der Waals surface area (Å²) >= 11 is 0. The second-order valence-electron chi connectivity index (χ2n) is 6.09. The van der Waals surface area contributed by atoms with Crippen molar-refractivity contribution in [1.82, 2.24) is 15.1 Å². The number of nitrogens with one attached hydrogen (secondary N) is 1. The summed E-state index contributed by atoms with van der Waals surface area (Å²) in [4.78, 5) is 12.3. The van der Waals surface area contributed by atoms with Gasteiger partial charge in [-0.1, -0.05) is 32.0 Å². The molecule has 0 amide bonds. The number of fused-ring (bicyclic) bond motifs is 1. The van der Waals surface area contributed by atoms with E-state index in [1.807, 2.05) is 24.3 Å². The van der Waals surface area contributed by atoms with Gasteiger partial charge in [-0.2, -0.15) is 5.10 Å². The highest BCUT2D eigenvalue weighted by Gasteiger charge is 2.05. The van der Waals surface area contributed by atoms with Crippen LogP contribution in [-0.2, 0) is 6.54 Å².